The van der Waals surface area contributed by atoms with Crippen molar-refractivity contribution in [2.45, 2.75) is 53.0 Å². The maximum Gasteiger partial charge on any atom is 0.220 e. The lowest BCUT2D eigenvalue weighted by molar-refractivity contribution is -0.121. The highest BCUT2D eigenvalue weighted by Crippen LogP contribution is 2.18. The molecule has 0 aliphatic carbocycles. The number of benzene rings is 1. The summed E-state index contributed by atoms with van der Waals surface area (Å²) in [4.78, 5) is 12.2. The Balaban J connectivity index is 1.94. The van der Waals surface area contributed by atoms with Gasteiger partial charge in [0.1, 0.15) is 5.76 Å². The molecule has 0 aliphatic rings. The second-order valence-corrected chi connectivity index (χ2v) is 5.74. The van der Waals surface area contributed by atoms with Crippen LogP contribution in [0.2, 0.25) is 0 Å². The molecule has 0 saturated carbocycles. The molecule has 1 aromatic carbocycles. The van der Waals surface area contributed by atoms with Crippen LogP contribution >= 0.6 is 0 Å². The number of hydrogen-bond donors (Lipinski definition) is 1. The average molecular weight is 300 g/mol. The fourth-order valence-electron chi connectivity index (χ4n) is 2.58. The van der Waals surface area contributed by atoms with E-state index in [0.717, 1.165) is 29.0 Å². The van der Waals surface area contributed by atoms with Crippen molar-refractivity contribution in [2.75, 3.05) is 0 Å². The first-order valence-corrected chi connectivity index (χ1v) is 7.79. The topological polar surface area (TPSA) is 55.1 Å². The van der Waals surface area contributed by atoms with E-state index in [1.807, 2.05) is 13.8 Å². The Kier molecular flexibility index (Phi) is 5.36. The molecule has 2 rings (SSSR count). The molecule has 1 unspecified atom stereocenters. The third-order valence-corrected chi connectivity index (χ3v) is 4.01. The van der Waals surface area contributed by atoms with E-state index in [4.69, 9.17) is 4.52 Å². The van der Waals surface area contributed by atoms with Crippen molar-refractivity contribution in [1.82, 2.24) is 10.5 Å². The zero-order chi connectivity index (χ0) is 16.1. The molecule has 118 valence electrons. The van der Waals surface area contributed by atoms with Crippen LogP contribution in [0.5, 0.6) is 0 Å². The molecule has 0 saturated heterocycles. The molecule has 1 N–H and O–H groups in total. The molecular formula is C18H24N2O2. The van der Waals surface area contributed by atoms with Gasteiger partial charge in [-0.2, -0.15) is 0 Å². The number of carbonyl (C=O) groups is 1. The summed E-state index contributed by atoms with van der Waals surface area (Å²) in [7, 11) is 0. The van der Waals surface area contributed by atoms with Gasteiger partial charge in [-0.3, -0.25) is 4.79 Å². The van der Waals surface area contributed by atoms with Crippen LogP contribution in [-0.4, -0.2) is 11.1 Å². The van der Waals surface area contributed by atoms with Gasteiger partial charge in [0.25, 0.3) is 0 Å². The minimum atomic E-state index is 0.0624. The monoisotopic (exact) mass is 300 g/mol. The van der Waals surface area contributed by atoms with Crippen LogP contribution in [0.4, 0.5) is 0 Å². The molecule has 1 aromatic heterocycles. The first-order valence-electron chi connectivity index (χ1n) is 7.79. The summed E-state index contributed by atoms with van der Waals surface area (Å²) < 4.78 is 5.13. The predicted octanol–water partition coefficient (Wildman–Crippen LogP) is 3.80. The van der Waals surface area contributed by atoms with E-state index in [0.29, 0.717) is 12.8 Å². The first kappa shape index (κ1) is 16.3. The van der Waals surface area contributed by atoms with Gasteiger partial charge in [-0.1, -0.05) is 41.9 Å². The molecule has 2 aromatic rings. The van der Waals surface area contributed by atoms with Crippen LogP contribution in [-0.2, 0) is 11.2 Å². The number of aromatic nitrogens is 1. The molecule has 0 spiro atoms. The van der Waals surface area contributed by atoms with Crippen LogP contribution in [0.25, 0.3) is 0 Å². The van der Waals surface area contributed by atoms with Crippen LogP contribution in [0.15, 0.2) is 28.8 Å². The van der Waals surface area contributed by atoms with Gasteiger partial charge in [0.15, 0.2) is 0 Å². The SMILES string of the molecule is CCC(NC(=O)CCc1c(C)noc1C)c1ccc(C)cc1. The minimum absolute atomic E-state index is 0.0624. The molecule has 4 nitrogen and oxygen atoms in total. The van der Waals surface area contributed by atoms with Crippen LogP contribution in [0.3, 0.4) is 0 Å². The van der Waals surface area contributed by atoms with E-state index >= 15 is 0 Å². The zero-order valence-corrected chi connectivity index (χ0v) is 13.8. The van der Waals surface area contributed by atoms with Gasteiger partial charge in [0.05, 0.1) is 11.7 Å². The minimum Gasteiger partial charge on any atom is -0.361 e. The van der Waals surface area contributed by atoms with E-state index < -0.39 is 0 Å². The molecule has 0 radical (unpaired) electrons. The highest BCUT2D eigenvalue weighted by Gasteiger charge is 2.15. The highest BCUT2D eigenvalue weighted by atomic mass is 16.5. The third-order valence-electron chi connectivity index (χ3n) is 4.01. The van der Waals surface area contributed by atoms with E-state index in [2.05, 4.69) is 48.6 Å². The Morgan fingerprint density at radius 2 is 1.91 bits per heavy atom. The standard InChI is InChI=1S/C18H24N2O2/c1-5-17(15-8-6-12(2)7-9-15)19-18(21)11-10-16-13(3)20-22-14(16)4/h6-9,17H,5,10-11H2,1-4H3,(H,19,21). The van der Waals surface area contributed by atoms with Crippen molar-refractivity contribution in [1.29, 1.82) is 0 Å². The van der Waals surface area contributed by atoms with Crippen molar-refractivity contribution >= 4 is 5.91 Å². The van der Waals surface area contributed by atoms with Gasteiger partial charge >= 0.3 is 0 Å². The van der Waals surface area contributed by atoms with Crippen LogP contribution in [0, 0.1) is 20.8 Å². The zero-order valence-electron chi connectivity index (χ0n) is 13.8. The normalized spacial score (nSPS) is 12.2. The molecule has 4 heteroatoms. The summed E-state index contributed by atoms with van der Waals surface area (Å²) in [6.45, 7) is 7.94. The largest absolute Gasteiger partial charge is 0.361 e. The number of aryl methyl sites for hydroxylation is 3. The summed E-state index contributed by atoms with van der Waals surface area (Å²) in [5, 5.41) is 7.03. The van der Waals surface area contributed by atoms with E-state index in [1.165, 1.54) is 5.56 Å². The second-order valence-electron chi connectivity index (χ2n) is 5.74. The summed E-state index contributed by atoms with van der Waals surface area (Å²) in [6.07, 6.45) is 1.99. The molecule has 1 heterocycles. The summed E-state index contributed by atoms with van der Waals surface area (Å²) in [5.74, 6) is 0.864. The number of carbonyl (C=O) groups excluding carboxylic acids is 1. The Bertz CT molecular complexity index is 610. The summed E-state index contributed by atoms with van der Waals surface area (Å²) in [5.41, 5.74) is 4.29. The lowest BCUT2D eigenvalue weighted by Gasteiger charge is -2.17. The van der Waals surface area contributed by atoms with Gasteiger partial charge in [0, 0.05) is 12.0 Å². The van der Waals surface area contributed by atoms with Crippen molar-refractivity contribution in [3.8, 4) is 0 Å². The van der Waals surface area contributed by atoms with Gasteiger partial charge in [-0.05, 0) is 39.2 Å². The maximum atomic E-state index is 12.2. The fraction of sp³-hybridized carbons (Fsp3) is 0.444. The lowest BCUT2D eigenvalue weighted by atomic mass is 10.0. The molecule has 0 bridgehead atoms. The van der Waals surface area contributed by atoms with Gasteiger partial charge in [-0.25, -0.2) is 0 Å². The fourth-order valence-corrected chi connectivity index (χ4v) is 2.58. The summed E-state index contributed by atoms with van der Waals surface area (Å²) >= 11 is 0. The first-order chi connectivity index (χ1) is 10.5. The number of nitrogens with zero attached hydrogens (tertiary/aromatic N) is 1. The number of nitrogens with one attached hydrogen (secondary N) is 1. The van der Waals surface area contributed by atoms with Crippen molar-refractivity contribution in [2.24, 2.45) is 0 Å². The number of amides is 1. The second kappa shape index (κ2) is 7.25. The molecule has 1 amide bonds. The molecule has 22 heavy (non-hydrogen) atoms. The molecule has 0 fully saturated rings. The van der Waals surface area contributed by atoms with Crippen LogP contribution < -0.4 is 5.32 Å². The third kappa shape index (κ3) is 3.97. The van der Waals surface area contributed by atoms with E-state index in [-0.39, 0.29) is 11.9 Å². The van der Waals surface area contributed by atoms with Gasteiger partial charge in [0.2, 0.25) is 5.91 Å². The Hall–Kier alpha value is -2.10. The Labute approximate surface area is 131 Å². The lowest BCUT2D eigenvalue weighted by Crippen LogP contribution is -2.28. The smallest absolute Gasteiger partial charge is 0.220 e. The Morgan fingerprint density at radius 3 is 2.45 bits per heavy atom. The van der Waals surface area contributed by atoms with Gasteiger partial charge < -0.3 is 9.84 Å². The molecule has 1 atom stereocenters. The van der Waals surface area contributed by atoms with Crippen molar-refractivity contribution < 1.29 is 9.32 Å². The van der Waals surface area contributed by atoms with E-state index in [1.54, 1.807) is 0 Å². The number of hydrogen-bond acceptors (Lipinski definition) is 3. The van der Waals surface area contributed by atoms with Crippen molar-refractivity contribution in [3.05, 3.63) is 52.4 Å². The predicted molar refractivity (Wildman–Crippen MR) is 86.7 cm³/mol. The highest BCUT2D eigenvalue weighted by molar-refractivity contribution is 5.76. The summed E-state index contributed by atoms with van der Waals surface area (Å²) in [6, 6.07) is 8.39. The molecular weight excluding hydrogens is 276 g/mol. The van der Waals surface area contributed by atoms with Crippen LogP contribution in [0.1, 0.15) is 54.0 Å². The quantitative estimate of drug-likeness (QED) is 0.882. The maximum absolute atomic E-state index is 12.2. The van der Waals surface area contributed by atoms with Crippen molar-refractivity contribution in [3.63, 3.8) is 0 Å². The van der Waals surface area contributed by atoms with Gasteiger partial charge in [-0.15, -0.1) is 0 Å². The van der Waals surface area contributed by atoms with E-state index in [9.17, 15) is 4.79 Å². The molecule has 0 aliphatic heterocycles. The Morgan fingerprint density at radius 1 is 1.23 bits per heavy atom. The number of rotatable bonds is 6. The average Bonchev–Trinajstić information content (AvgIpc) is 2.82.